The van der Waals surface area contributed by atoms with Gasteiger partial charge in [0, 0.05) is 24.7 Å². The van der Waals surface area contributed by atoms with Gasteiger partial charge in [0.15, 0.2) is 0 Å². The number of ether oxygens (including phenoxy) is 1. The van der Waals surface area contributed by atoms with E-state index in [1.807, 2.05) is 19.1 Å². The monoisotopic (exact) mass is 192 g/mol. The van der Waals surface area contributed by atoms with Gasteiger partial charge in [0.25, 0.3) is 0 Å². The lowest BCUT2D eigenvalue weighted by molar-refractivity contribution is 0.103. The predicted octanol–water partition coefficient (Wildman–Crippen LogP) is 1.52. The number of rotatable bonds is 2. The molecular formula is C11H16N2O. The van der Waals surface area contributed by atoms with Gasteiger partial charge in [-0.15, -0.1) is 0 Å². The van der Waals surface area contributed by atoms with Crippen molar-refractivity contribution in [2.45, 2.75) is 25.9 Å². The van der Waals surface area contributed by atoms with Crippen LogP contribution in [-0.4, -0.2) is 23.7 Å². The van der Waals surface area contributed by atoms with E-state index in [0.717, 1.165) is 31.0 Å². The first-order valence-corrected chi connectivity index (χ1v) is 5.01. The Morgan fingerprint density at radius 1 is 1.57 bits per heavy atom. The van der Waals surface area contributed by atoms with Crippen molar-refractivity contribution in [3.63, 3.8) is 0 Å². The lowest BCUT2D eigenvalue weighted by Gasteiger charge is -2.24. The van der Waals surface area contributed by atoms with E-state index >= 15 is 0 Å². The molecule has 3 nitrogen and oxygen atoms in total. The summed E-state index contributed by atoms with van der Waals surface area (Å²) in [6, 6.07) is 3.95. The maximum absolute atomic E-state index is 5.92. The van der Waals surface area contributed by atoms with Gasteiger partial charge in [-0.05, 0) is 26.5 Å². The third-order valence-electron chi connectivity index (χ3n) is 2.63. The van der Waals surface area contributed by atoms with E-state index in [9.17, 15) is 0 Å². The Morgan fingerprint density at radius 3 is 3.07 bits per heavy atom. The molecule has 0 bridgehead atoms. The second kappa shape index (κ2) is 3.58. The van der Waals surface area contributed by atoms with Gasteiger partial charge in [0.05, 0.1) is 0 Å². The number of hydrogen-bond donors (Lipinski definition) is 1. The highest BCUT2D eigenvalue weighted by atomic mass is 16.5. The molecule has 1 saturated heterocycles. The topological polar surface area (TPSA) is 34.1 Å². The van der Waals surface area contributed by atoms with Gasteiger partial charge in [-0.25, -0.2) is 4.98 Å². The molecule has 14 heavy (non-hydrogen) atoms. The number of aryl methyl sites for hydroxylation is 1. The highest BCUT2D eigenvalue weighted by Crippen LogP contribution is 2.23. The molecule has 0 radical (unpaired) electrons. The fourth-order valence-electron chi connectivity index (χ4n) is 1.69. The Labute approximate surface area is 84.5 Å². The van der Waals surface area contributed by atoms with Crippen LogP contribution in [0.2, 0.25) is 0 Å². The van der Waals surface area contributed by atoms with Gasteiger partial charge in [0.1, 0.15) is 5.60 Å². The highest BCUT2D eigenvalue weighted by molar-refractivity contribution is 5.24. The largest absolute Gasteiger partial charge is 0.470 e. The third-order valence-corrected chi connectivity index (χ3v) is 2.63. The van der Waals surface area contributed by atoms with Crippen LogP contribution in [0.4, 0.5) is 0 Å². The average Bonchev–Trinajstić information content (AvgIpc) is 2.57. The molecule has 76 valence electrons. The van der Waals surface area contributed by atoms with Crippen LogP contribution in [0.25, 0.3) is 0 Å². The average molecular weight is 192 g/mol. The third kappa shape index (κ3) is 1.87. The van der Waals surface area contributed by atoms with Crippen LogP contribution in [0.15, 0.2) is 18.3 Å². The van der Waals surface area contributed by atoms with Crippen molar-refractivity contribution in [3.8, 4) is 5.88 Å². The molecule has 0 saturated carbocycles. The highest BCUT2D eigenvalue weighted by Gasteiger charge is 2.31. The van der Waals surface area contributed by atoms with E-state index in [1.54, 1.807) is 6.20 Å². The molecule has 2 heterocycles. The van der Waals surface area contributed by atoms with Crippen LogP contribution in [-0.2, 0) is 0 Å². The summed E-state index contributed by atoms with van der Waals surface area (Å²) in [4.78, 5) is 4.24. The van der Waals surface area contributed by atoms with Gasteiger partial charge >= 0.3 is 0 Å². The van der Waals surface area contributed by atoms with Gasteiger partial charge < -0.3 is 10.1 Å². The molecule has 2 rings (SSSR count). The fraction of sp³-hybridized carbons (Fsp3) is 0.545. The standard InChI is InChI=1S/C11H16N2O/c1-9-4-3-6-13-10(9)14-11(2)5-7-12-8-11/h3-4,6,12H,5,7-8H2,1-2H3. The SMILES string of the molecule is Cc1cccnc1OC1(C)CCNC1. The van der Waals surface area contributed by atoms with E-state index in [0.29, 0.717) is 0 Å². The van der Waals surface area contributed by atoms with Crippen molar-refractivity contribution in [1.29, 1.82) is 0 Å². The smallest absolute Gasteiger partial charge is 0.216 e. The molecule has 3 heteroatoms. The Balaban J connectivity index is 2.14. The summed E-state index contributed by atoms with van der Waals surface area (Å²) in [6.45, 7) is 6.08. The maximum Gasteiger partial charge on any atom is 0.216 e. The summed E-state index contributed by atoms with van der Waals surface area (Å²) >= 11 is 0. The minimum atomic E-state index is -0.0842. The molecule has 1 unspecified atom stereocenters. The lowest BCUT2D eigenvalue weighted by atomic mass is 10.1. The van der Waals surface area contributed by atoms with Crippen molar-refractivity contribution in [2.75, 3.05) is 13.1 Å². The molecule has 1 aromatic heterocycles. The summed E-state index contributed by atoms with van der Waals surface area (Å²) in [5.74, 6) is 0.763. The van der Waals surface area contributed by atoms with Gasteiger partial charge in [-0.3, -0.25) is 0 Å². The Bertz CT molecular complexity index is 319. The van der Waals surface area contributed by atoms with Crippen LogP contribution >= 0.6 is 0 Å². The molecule has 1 N–H and O–H groups in total. The molecule has 0 aromatic carbocycles. The number of nitrogens with one attached hydrogen (secondary N) is 1. The second-order valence-corrected chi connectivity index (χ2v) is 4.10. The van der Waals surface area contributed by atoms with Crippen molar-refractivity contribution < 1.29 is 4.74 Å². The zero-order valence-corrected chi connectivity index (χ0v) is 8.71. The predicted molar refractivity (Wildman–Crippen MR) is 55.5 cm³/mol. The van der Waals surface area contributed by atoms with Crippen LogP contribution < -0.4 is 10.1 Å². The molecule has 0 amide bonds. The molecule has 1 aliphatic rings. The maximum atomic E-state index is 5.92. The van der Waals surface area contributed by atoms with Crippen LogP contribution in [0.3, 0.4) is 0 Å². The molecule has 0 aliphatic carbocycles. The van der Waals surface area contributed by atoms with E-state index < -0.39 is 0 Å². The number of aromatic nitrogens is 1. The minimum absolute atomic E-state index is 0.0842. The van der Waals surface area contributed by atoms with Gasteiger partial charge in [0.2, 0.25) is 5.88 Å². The number of hydrogen-bond acceptors (Lipinski definition) is 3. The second-order valence-electron chi connectivity index (χ2n) is 4.10. The first-order valence-electron chi connectivity index (χ1n) is 5.01. The molecule has 1 aliphatic heterocycles. The summed E-state index contributed by atoms with van der Waals surface area (Å²) < 4.78 is 5.92. The van der Waals surface area contributed by atoms with Crippen LogP contribution in [0.1, 0.15) is 18.9 Å². The molecule has 0 spiro atoms. The van der Waals surface area contributed by atoms with Gasteiger partial charge in [-0.1, -0.05) is 6.07 Å². The summed E-state index contributed by atoms with van der Waals surface area (Å²) in [7, 11) is 0. The van der Waals surface area contributed by atoms with Crippen molar-refractivity contribution in [2.24, 2.45) is 0 Å². The molecule has 1 atom stereocenters. The molecule has 1 fully saturated rings. The van der Waals surface area contributed by atoms with Crippen molar-refractivity contribution >= 4 is 0 Å². The normalized spacial score (nSPS) is 26.4. The summed E-state index contributed by atoms with van der Waals surface area (Å²) in [6.07, 6.45) is 2.82. The van der Waals surface area contributed by atoms with E-state index in [1.165, 1.54) is 0 Å². The summed E-state index contributed by atoms with van der Waals surface area (Å²) in [5.41, 5.74) is 1.01. The quantitative estimate of drug-likeness (QED) is 0.771. The first-order chi connectivity index (χ1) is 6.70. The Morgan fingerprint density at radius 2 is 2.43 bits per heavy atom. The lowest BCUT2D eigenvalue weighted by Crippen LogP contribution is -2.35. The zero-order valence-electron chi connectivity index (χ0n) is 8.71. The van der Waals surface area contributed by atoms with Crippen molar-refractivity contribution in [3.05, 3.63) is 23.9 Å². The zero-order chi connectivity index (χ0) is 10.0. The van der Waals surface area contributed by atoms with Crippen LogP contribution in [0.5, 0.6) is 5.88 Å². The van der Waals surface area contributed by atoms with E-state index in [2.05, 4.69) is 17.2 Å². The van der Waals surface area contributed by atoms with Crippen molar-refractivity contribution in [1.82, 2.24) is 10.3 Å². The number of nitrogens with zero attached hydrogens (tertiary/aromatic N) is 1. The molecular weight excluding hydrogens is 176 g/mol. The summed E-state index contributed by atoms with van der Waals surface area (Å²) in [5, 5.41) is 3.30. The number of pyridine rings is 1. The fourth-order valence-corrected chi connectivity index (χ4v) is 1.69. The first kappa shape index (κ1) is 9.46. The Hall–Kier alpha value is -1.09. The minimum Gasteiger partial charge on any atom is -0.470 e. The van der Waals surface area contributed by atoms with E-state index in [-0.39, 0.29) is 5.60 Å². The molecule has 1 aromatic rings. The Kier molecular flexibility index (Phi) is 2.42. The van der Waals surface area contributed by atoms with Crippen LogP contribution in [0, 0.1) is 6.92 Å². The van der Waals surface area contributed by atoms with E-state index in [4.69, 9.17) is 4.74 Å². The van der Waals surface area contributed by atoms with Gasteiger partial charge in [-0.2, -0.15) is 0 Å².